The summed E-state index contributed by atoms with van der Waals surface area (Å²) in [6.07, 6.45) is 1.11. The van der Waals surface area contributed by atoms with E-state index in [-0.39, 0.29) is 12.1 Å². The highest BCUT2D eigenvalue weighted by molar-refractivity contribution is 6.29. The van der Waals surface area contributed by atoms with Crippen molar-refractivity contribution in [3.05, 3.63) is 11.2 Å². The minimum atomic E-state index is 0.132. The highest BCUT2D eigenvalue weighted by Crippen LogP contribution is 2.17. The van der Waals surface area contributed by atoms with E-state index in [1.807, 2.05) is 0 Å². The van der Waals surface area contributed by atoms with Gasteiger partial charge in [0.25, 0.3) is 0 Å². The molecule has 5 nitrogen and oxygen atoms in total. The summed E-state index contributed by atoms with van der Waals surface area (Å²) < 4.78 is 5.58. The van der Waals surface area contributed by atoms with Gasteiger partial charge in [0.1, 0.15) is 17.1 Å². The molecule has 1 aromatic heterocycles. The molecule has 15 heavy (non-hydrogen) atoms. The van der Waals surface area contributed by atoms with Gasteiger partial charge < -0.3 is 15.4 Å². The van der Waals surface area contributed by atoms with Crippen LogP contribution in [0.25, 0.3) is 0 Å². The van der Waals surface area contributed by atoms with Crippen molar-refractivity contribution in [3.8, 4) is 6.01 Å². The van der Waals surface area contributed by atoms with E-state index in [9.17, 15) is 0 Å². The van der Waals surface area contributed by atoms with Gasteiger partial charge in [-0.05, 0) is 13.5 Å². The lowest BCUT2D eigenvalue weighted by atomic mass is 10.3. The molecule has 0 aliphatic carbocycles. The number of likely N-dealkylation sites (tertiary alicyclic amines) is 1. The number of halogens is 1. The van der Waals surface area contributed by atoms with E-state index < -0.39 is 0 Å². The van der Waals surface area contributed by atoms with Crippen LogP contribution in [0, 0.1) is 0 Å². The Morgan fingerprint density at radius 3 is 3.00 bits per heavy atom. The van der Waals surface area contributed by atoms with Gasteiger partial charge in [-0.15, -0.1) is 0 Å². The van der Waals surface area contributed by atoms with Crippen molar-refractivity contribution in [1.29, 1.82) is 0 Å². The Kier molecular flexibility index (Phi) is 2.93. The van der Waals surface area contributed by atoms with E-state index in [1.54, 1.807) is 0 Å². The Hall–Kier alpha value is -1.07. The van der Waals surface area contributed by atoms with Crippen LogP contribution >= 0.6 is 11.6 Å². The van der Waals surface area contributed by atoms with Crippen LogP contribution in [-0.2, 0) is 0 Å². The van der Waals surface area contributed by atoms with Crippen molar-refractivity contribution in [1.82, 2.24) is 14.9 Å². The average molecular weight is 229 g/mol. The van der Waals surface area contributed by atoms with Crippen LogP contribution in [0.1, 0.15) is 6.42 Å². The molecule has 2 heterocycles. The summed E-state index contributed by atoms with van der Waals surface area (Å²) in [6.45, 7) is 1.91. The maximum Gasteiger partial charge on any atom is 0.320 e. The smallest absolute Gasteiger partial charge is 0.320 e. The van der Waals surface area contributed by atoms with Gasteiger partial charge in [0, 0.05) is 19.2 Å². The van der Waals surface area contributed by atoms with Crippen LogP contribution in [0.3, 0.4) is 0 Å². The number of nitrogens with two attached hydrogens (primary N) is 1. The van der Waals surface area contributed by atoms with Gasteiger partial charge in [-0.1, -0.05) is 11.6 Å². The SMILES string of the molecule is CN1CCC(Oc2nc(N)cc(Cl)n2)C1. The number of rotatable bonds is 2. The third-order valence-corrected chi connectivity index (χ3v) is 2.51. The lowest BCUT2D eigenvalue weighted by molar-refractivity contribution is 0.192. The molecule has 1 aliphatic rings. The van der Waals surface area contributed by atoms with Crippen molar-refractivity contribution in [2.75, 3.05) is 25.9 Å². The van der Waals surface area contributed by atoms with Gasteiger partial charge in [0.05, 0.1) is 0 Å². The molecule has 1 saturated heterocycles. The van der Waals surface area contributed by atoms with E-state index >= 15 is 0 Å². The van der Waals surface area contributed by atoms with Crippen LogP contribution in [0.15, 0.2) is 6.07 Å². The first-order valence-corrected chi connectivity index (χ1v) is 5.16. The number of hydrogen-bond acceptors (Lipinski definition) is 5. The molecule has 1 atom stereocenters. The second-order valence-electron chi connectivity index (χ2n) is 3.69. The summed E-state index contributed by atoms with van der Waals surface area (Å²) in [4.78, 5) is 10.1. The molecular formula is C9H13ClN4O. The summed E-state index contributed by atoms with van der Waals surface area (Å²) in [5.41, 5.74) is 5.54. The van der Waals surface area contributed by atoms with Gasteiger partial charge in [0.2, 0.25) is 0 Å². The van der Waals surface area contributed by atoms with Crippen molar-refractivity contribution in [2.45, 2.75) is 12.5 Å². The summed E-state index contributed by atoms with van der Waals surface area (Å²) in [6, 6.07) is 1.76. The third-order valence-electron chi connectivity index (χ3n) is 2.31. The van der Waals surface area contributed by atoms with Crippen molar-refractivity contribution in [2.24, 2.45) is 0 Å². The number of anilines is 1. The predicted molar refractivity (Wildman–Crippen MR) is 58.0 cm³/mol. The lowest BCUT2D eigenvalue weighted by Crippen LogP contribution is -2.22. The summed E-state index contributed by atoms with van der Waals surface area (Å²) in [5.74, 6) is 0.330. The quantitative estimate of drug-likeness (QED) is 0.759. The van der Waals surface area contributed by atoms with Crippen LogP contribution in [0.2, 0.25) is 5.15 Å². The zero-order valence-corrected chi connectivity index (χ0v) is 9.24. The summed E-state index contributed by atoms with van der Waals surface area (Å²) >= 11 is 5.74. The first-order chi connectivity index (χ1) is 7.13. The molecule has 0 radical (unpaired) electrons. The standard InChI is InChI=1S/C9H13ClN4O/c1-14-3-2-6(5-14)15-9-12-7(10)4-8(11)13-9/h4,6H,2-3,5H2,1H3,(H2,11,12,13). The average Bonchev–Trinajstić information content (AvgIpc) is 2.49. The molecule has 1 aliphatic heterocycles. The molecule has 2 N–H and O–H groups in total. The number of nitrogen functional groups attached to an aromatic ring is 1. The van der Waals surface area contributed by atoms with Gasteiger partial charge >= 0.3 is 6.01 Å². The lowest BCUT2D eigenvalue weighted by Gasteiger charge is -2.12. The molecule has 6 heteroatoms. The highest BCUT2D eigenvalue weighted by Gasteiger charge is 2.22. The Labute approximate surface area is 93.2 Å². The van der Waals surface area contributed by atoms with Crippen LogP contribution in [0.5, 0.6) is 6.01 Å². The molecule has 0 spiro atoms. The number of hydrogen-bond donors (Lipinski definition) is 1. The van der Waals surface area contributed by atoms with Gasteiger partial charge in [-0.3, -0.25) is 0 Å². The molecule has 2 rings (SSSR count). The highest BCUT2D eigenvalue weighted by atomic mass is 35.5. The van der Waals surface area contributed by atoms with E-state index in [1.165, 1.54) is 6.07 Å². The summed E-state index contributed by atoms with van der Waals surface area (Å²) in [7, 11) is 2.05. The predicted octanol–water partition coefficient (Wildman–Crippen LogP) is 0.795. The molecule has 0 saturated carbocycles. The Bertz CT molecular complexity index is 340. The van der Waals surface area contributed by atoms with E-state index in [4.69, 9.17) is 22.1 Å². The normalized spacial score (nSPS) is 21.9. The van der Waals surface area contributed by atoms with Gasteiger partial charge in [-0.2, -0.15) is 9.97 Å². The minimum Gasteiger partial charge on any atom is -0.459 e. The molecule has 1 fully saturated rings. The molecule has 82 valence electrons. The summed E-state index contributed by atoms with van der Waals surface area (Å²) in [5, 5.41) is 0.309. The van der Waals surface area contributed by atoms with E-state index in [2.05, 4.69) is 21.9 Å². The van der Waals surface area contributed by atoms with Crippen molar-refractivity contribution in [3.63, 3.8) is 0 Å². The Morgan fingerprint density at radius 1 is 1.60 bits per heavy atom. The van der Waals surface area contributed by atoms with Crippen LogP contribution in [0.4, 0.5) is 5.82 Å². The molecule has 1 unspecified atom stereocenters. The molecular weight excluding hydrogens is 216 g/mol. The topological polar surface area (TPSA) is 64.3 Å². The largest absolute Gasteiger partial charge is 0.459 e. The number of aromatic nitrogens is 2. The fraction of sp³-hybridized carbons (Fsp3) is 0.556. The molecule has 1 aromatic rings. The maximum absolute atomic E-state index is 5.74. The van der Waals surface area contributed by atoms with Crippen molar-refractivity contribution >= 4 is 17.4 Å². The zero-order valence-electron chi connectivity index (χ0n) is 8.48. The van der Waals surface area contributed by atoms with Gasteiger partial charge in [-0.25, -0.2) is 0 Å². The zero-order chi connectivity index (χ0) is 10.8. The van der Waals surface area contributed by atoms with E-state index in [0.29, 0.717) is 11.0 Å². The Morgan fingerprint density at radius 2 is 2.40 bits per heavy atom. The monoisotopic (exact) mass is 228 g/mol. The fourth-order valence-corrected chi connectivity index (χ4v) is 1.79. The van der Waals surface area contributed by atoms with Crippen LogP contribution in [-0.4, -0.2) is 41.1 Å². The molecule has 0 aromatic carbocycles. The molecule has 0 bridgehead atoms. The number of nitrogens with zero attached hydrogens (tertiary/aromatic N) is 3. The number of likely N-dealkylation sites (N-methyl/N-ethyl adjacent to an activating group) is 1. The van der Waals surface area contributed by atoms with Crippen molar-refractivity contribution < 1.29 is 4.74 Å². The third kappa shape index (κ3) is 2.70. The first-order valence-electron chi connectivity index (χ1n) is 4.79. The number of ether oxygens (including phenoxy) is 1. The first kappa shape index (κ1) is 10.4. The van der Waals surface area contributed by atoms with Crippen LogP contribution < -0.4 is 10.5 Å². The maximum atomic E-state index is 5.74. The molecule has 0 amide bonds. The van der Waals surface area contributed by atoms with Gasteiger partial charge in [0.15, 0.2) is 0 Å². The Balaban J connectivity index is 2.04. The van der Waals surface area contributed by atoms with E-state index in [0.717, 1.165) is 19.5 Å². The minimum absolute atomic E-state index is 0.132. The second kappa shape index (κ2) is 4.20. The fourth-order valence-electron chi connectivity index (χ4n) is 1.61. The second-order valence-corrected chi connectivity index (χ2v) is 4.08.